The van der Waals surface area contributed by atoms with Gasteiger partial charge in [0.2, 0.25) is 5.91 Å². The van der Waals surface area contributed by atoms with E-state index in [0.717, 1.165) is 12.1 Å². The minimum atomic E-state index is -4.34. The van der Waals surface area contributed by atoms with E-state index >= 15 is 0 Å². The summed E-state index contributed by atoms with van der Waals surface area (Å²) < 4.78 is 36.8. The van der Waals surface area contributed by atoms with E-state index in [4.69, 9.17) is 11.6 Å². The van der Waals surface area contributed by atoms with Crippen LogP contribution in [0.1, 0.15) is 11.1 Å². The third kappa shape index (κ3) is 3.93. The van der Waals surface area contributed by atoms with Crippen LogP contribution >= 0.6 is 11.6 Å². The second kappa shape index (κ2) is 5.40. The van der Waals surface area contributed by atoms with Gasteiger partial charge >= 0.3 is 6.18 Å². The SMILES string of the molecule is CN(Cc1ccc(C(F)(F)F)cc1)C(=O)CCl. The minimum Gasteiger partial charge on any atom is -0.340 e. The Morgan fingerprint density at radius 3 is 2.24 bits per heavy atom. The van der Waals surface area contributed by atoms with Crippen molar-refractivity contribution in [1.82, 2.24) is 4.90 Å². The van der Waals surface area contributed by atoms with Crippen molar-refractivity contribution in [3.8, 4) is 0 Å². The zero-order valence-electron chi connectivity index (χ0n) is 9.09. The topological polar surface area (TPSA) is 20.3 Å². The largest absolute Gasteiger partial charge is 0.416 e. The van der Waals surface area contributed by atoms with Gasteiger partial charge in [0.15, 0.2) is 0 Å². The molecule has 0 spiro atoms. The maximum atomic E-state index is 12.3. The zero-order valence-corrected chi connectivity index (χ0v) is 9.85. The molecule has 0 heterocycles. The van der Waals surface area contributed by atoms with E-state index in [1.165, 1.54) is 17.0 Å². The summed E-state index contributed by atoms with van der Waals surface area (Å²) in [4.78, 5) is 12.5. The van der Waals surface area contributed by atoms with Gasteiger partial charge in [-0.1, -0.05) is 12.1 Å². The Balaban J connectivity index is 2.72. The van der Waals surface area contributed by atoms with Crippen LogP contribution in [0.25, 0.3) is 0 Å². The van der Waals surface area contributed by atoms with Crippen LogP contribution < -0.4 is 0 Å². The molecule has 0 aliphatic carbocycles. The molecule has 17 heavy (non-hydrogen) atoms. The van der Waals surface area contributed by atoms with Gasteiger partial charge in [-0.2, -0.15) is 13.2 Å². The van der Waals surface area contributed by atoms with E-state index in [-0.39, 0.29) is 18.3 Å². The second-order valence-corrected chi connectivity index (χ2v) is 3.85. The van der Waals surface area contributed by atoms with Crippen molar-refractivity contribution in [1.29, 1.82) is 0 Å². The molecule has 0 aromatic heterocycles. The molecule has 0 saturated heterocycles. The first-order valence-electron chi connectivity index (χ1n) is 4.80. The van der Waals surface area contributed by atoms with Crippen molar-refractivity contribution in [3.63, 3.8) is 0 Å². The number of rotatable bonds is 3. The smallest absolute Gasteiger partial charge is 0.340 e. The van der Waals surface area contributed by atoms with Crippen LogP contribution in [-0.2, 0) is 17.5 Å². The quantitative estimate of drug-likeness (QED) is 0.770. The van der Waals surface area contributed by atoms with Crippen molar-refractivity contribution >= 4 is 17.5 Å². The summed E-state index contributed by atoms with van der Waals surface area (Å²) in [7, 11) is 1.54. The molecule has 0 unspecified atom stereocenters. The fraction of sp³-hybridized carbons (Fsp3) is 0.364. The lowest BCUT2D eigenvalue weighted by atomic mass is 10.1. The molecule has 0 N–H and O–H groups in total. The highest BCUT2D eigenvalue weighted by atomic mass is 35.5. The normalized spacial score (nSPS) is 11.4. The monoisotopic (exact) mass is 265 g/mol. The van der Waals surface area contributed by atoms with Crippen molar-refractivity contribution in [2.24, 2.45) is 0 Å². The zero-order chi connectivity index (χ0) is 13.1. The molecule has 0 aliphatic heterocycles. The number of carbonyl (C=O) groups is 1. The Labute approximate surface area is 102 Å². The summed E-state index contributed by atoms with van der Waals surface area (Å²) >= 11 is 5.36. The fourth-order valence-corrected chi connectivity index (χ4v) is 1.47. The number of alkyl halides is 4. The highest BCUT2D eigenvalue weighted by molar-refractivity contribution is 6.27. The van der Waals surface area contributed by atoms with Crippen LogP contribution in [-0.4, -0.2) is 23.7 Å². The van der Waals surface area contributed by atoms with Crippen molar-refractivity contribution in [2.75, 3.05) is 12.9 Å². The lowest BCUT2D eigenvalue weighted by Gasteiger charge is -2.16. The van der Waals surface area contributed by atoms with E-state index in [2.05, 4.69) is 0 Å². The first-order chi connectivity index (χ1) is 7.84. The van der Waals surface area contributed by atoms with Gasteiger partial charge in [0.05, 0.1) is 5.56 Å². The van der Waals surface area contributed by atoms with E-state index in [1.807, 2.05) is 0 Å². The number of nitrogens with zero attached hydrogens (tertiary/aromatic N) is 1. The molecule has 0 atom stereocenters. The molecule has 0 fully saturated rings. The molecule has 0 bridgehead atoms. The van der Waals surface area contributed by atoms with Crippen LogP contribution in [0.4, 0.5) is 13.2 Å². The van der Waals surface area contributed by atoms with Crippen molar-refractivity contribution in [2.45, 2.75) is 12.7 Å². The number of halogens is 4. The molecule has 1 aromatic carbocycles. The highest BCUT2D eigenvalue weighted by Crippen LogP contribution is 2.29. The highest BCUT2D eigenvalue weighted by Gasteiger charge is 2.29. The van der Waals surface area contributed by atoms with Gasteiger partial charge in [0, 0.05) is 13.6 Å². The molecule has 1 aromatic rings. The Hall–Kier alpha value is -1.23. The first kappa shape index (κ1) is 13.8. The van der Waals surface area contributed by atoms with Crippen molar-refractivity contribution < 1.29 is 18.0 Å². The Kier molecular flexibility index (Phi) is 4.40. The van der Waals surface area contributed by atoms with Gasteiger partial charge in [-0.3, -0.25) is 4.79 Å². The predicted molar refractivity (Wildman–Crippen MR) is 58.6 cm³/mol. The van der Waals surface area contributed by atoms with Crippen molar-refractivity contribution in [3.05, 3.63) is 35.4 Å². The Morgan fingerprint density at radius 1 is 1.29 bits per heavy atom. The van der Waals surface area contributed by atoms with Crippen LogP contribution in [0.5, 0.6) is 0 Å². The Bertz CT molecular complexity index is 389. The van der Waals surface area contributed by atoms with E-state index in [9.17, 15) is 18.0 Å². The van der Waals surface area contributed by atoms with Crippen LogP contribution in [0.2, 0.25) is 0 Å². The molecular weight excluding hydrogens is 255 g/mol. The van der Waals surface area contributed by atoms with Gasteiger partial charge in [0.25, 0.3) is 0 Å². The molecule has 6 heteroatoms. The molecule has 94 valence electrons. The summed E-state index contributed by atoms with van der Waals surface area (Å²) in [6, 6.07) is 4.68. The number of hydrogen-bond donors (Lipinski definition) is 0. The van der Waals surface area contributed by atoms with E-state index in [0.29, 0.717) is 5.56 Å². The van der Waals surface area contributed by atoms with Crippen LogP contribution in [0.15, 0.2) is 24.3 Å². The molecule has 1 rings (SSSR count). The van der Waals surface area contributed by atoms with Gasteiger partial charge in [0.1, 0.15) is 5.88 Å². The van der Waals surface area contributed by atoms with Crippen LogP contribution in [0, 0.1) is 0 Å². The summed E-state index contributed by atoms with van der Waals surface area (Å²) in [6.07, 6.45) is -4.34. The molecule has 0 saturated carbocycles. The summed E-state index contributed by atoms with van der Waals surface area (Å²) in [5, 5.41) is 0. The number of amides is 1. The van der Waals surface area contributed by atoms with Crippen LogP contribution in [0.3, 0.4) is 0 Å². The lowest BCUT2D eigenvalue weighted by Crippen LogP contribution is -2.27. The van der Waals surface area contributed by atoms with Gasteiger partial charge in [-0.15, -0.1) is 11.6 Å². The molecule has 0 aliphatic rings. The average Bonchev–Trinajstić information content (AvgIpc) is 2.27. The first-order valence-corrected chi connectivity index (χ1v) is 5.34. The summed E-state index contributed by atoms with van der Waals surface area (Å²) in [5.74, 6) is -0.413. The summed E-state index contributed by atoms with van der Waals surface area (Å²) in [5.41, 5.74) is -0.0773. The standard InChI is InChI=1S/C11H11ClF3NO/c1-16(10(17)6-12)7-8-2-4-9(5-3-8)11(13,14)15/h2-5H,6-7H2,1H3. The molecule has 0 radical (unpaired) electrons. The number of hydrogen-bond acceptors (Lipinski definition) is 1. The minimum absolute atomic E-state index is 0.142. The maximum absolute atomic E-state index is 12.3. The van der Waals surface area contributed by atoms with Gasteiger partial charge in [-0.25, -0.2) is 0 Å². The average molecular weight is 266 g/mol. The number of carbonyl (C=O) groups excluding carboxylic acids is 1. The third-order valence-corrected chi connectivity index (χ3v) is 2.47. The van der Waals surface area contributed by atoms with E-state index < -0.39 is 11.7 Å². The second-order valence-electron chi connectivity index (χ2n) is 3.58. The van der Waals surface area contributed by atoms with Gasteiger partial charge < -0.3 is 4.90 Å². The van der Waals surface area contributed by atoms with Gasteiger partial charge in [-0.05, 0) is 17.7 Å². The Morgan fingerprint density at radius 2 is 1.82 bits per heavy atom. The number of benzene rings is 1. The lowest BCUT2D eigenvalue weighted by molar-refractivity contribution is -0.137. The predicted octanol–water partition coefficient (Wildman–Crippen LogP) is 2.90. The summed E-state index contributed by atoms with van der Waals surface area (Å²) in [6.45, 7) is 0.240. The maximum Gasteiger partial charge on any atom is 0.416 e. The third-order valence-electron chi connectivity index (χ3n) is 2.24. The van der Waals surface area contributed by atoms with E-state index in [1.54, 1.807) is 7.05 Å². The molecular formula is C11H11ClF3NO. The molecule has 1 amide bonds. The molecule has 2 nitrogen and oxygen atoms in total. The fourth-order valence-electron chi connectivity index (χ4n) is 1.26.